The molecule has 1 fully saturated rings. The molecule has 132 valence electrons. The second-order valence-corrected chi connectivity index (χ2v) is 7.18. The lowest BCUT2D eigenvalue weighted by molar-refractivity contribution is 0.127. The van der Waals surface area contributed by atoms with E-state index in [0.29, 0.717) is 12.0 Å². The van der Waals surface area contributed by atoms with Crippen LogP contribution in [-0.4, -0.2) is 32.7 Å². The Bertz CT molecular complexity index is 789. The first-order valence-corrected chi connectivity index (χ1v) is 8.96. The molecule has 1 heterocycles. The summed E-state index contributed by atoms with van der Waals surface area (Å²) in [5.41, 5.74) is 10.8. The van der Waals surface area contributed by atoms with Crippen molar-refractivity contribution in [3.05, 3.63) is 53.1 Å². The molecule has 4 heteroatoms. The molecule has 1 aliphatic heterocycles. The lowest BCUT2D eigenvalue weighted by Crippen LogP contribution is -2.34. The molecule has 25 heavy (non-hydrogen) atoms. The second kappa shape index (κ2) is 6.26. The highest BCUT2D eigenvalue weighted by Gasteiger charge is 2.46. The first-order chi connectivity index (χ1) is 12.2. The van der Waals surface area contributed by atoms with Gasteiger partial charge in [0.25, 0.3) is 0 Å². The van der Waals surface area contributed by atoms with Gasteiger partial charge >= 0.3 is 0 Å². The van der Waals surface area contributed by atoms with Crippen molar-refractivity contribution in [2.24, 2.45) is 5.92 Å². The van der Waals surface area contributed by atoms with Crippen molar-refractivity contribution in [3.8, 4) is 11.5 Å². The SMILES string of the molecule is COc1ccc2c(c1OC)C(c1cccc(N)c1)C1CCCN(C)C21. The Morgan fingerprint density at radius 1 is 1.12 bits per heavy atom. The van der Waals surface area contributed by atoms with Crippen LogP contribution in [-0.2, 0) is 0 Å². The maximum Gasteiger partial charge on any atom is 0.164 e. The van der Waals surface area contributed by atoms with Crippen LogP contribution in [0, 0.1) is 5.92 Å². The van der Waals surface area contributed by atoms with E-state index in [4.69, 9.17) is 15.2 Å². The number of methoxy groups -OCH3 is 2. The third kappa shape index (κ3) is 2.47. The molecule has 4 nitrogen and oxygen atoms in total. The van der Waals surface area contributed by atoms with E-state index >= 15 is 0 Å². The van der Waals surface area contributed by atoms with Crippen molar-refractivity contribution in [2.75, 3.05) is 33.5 Å². The summed E-state index contributed by atoms with van der Waals surface area (Å²) in [6.07, 6.45) is 2.44. The van der Waals surface area contributed by atoms with Gasteiger partial charge in [0.2, 0.25) is 0 Å². The fourth-order valence-corrected chi connectivity index (χ4v) is 4.94. The number of benzene rings is 2. The molecule has 3 atom stereocenters. The van der Waals surface area contributed by atoms with Gasteiger partial charge in [-0.2, -0.15) is 0 Å². The molecule has 0 aromatic heterocycles. The molecule has 2 N–H and O–H groups in total. The van der Waals surface area contributed by atoms with E-state index in [9.17, 15) is 0 Å². The minimum absolute atomic E-state index is 0.288. The molecule has 1 saturated heterocycles. The normalized spacial score (nSPS) is 25.3. The molecule has 0 radical (unpaired) electrons. The number of nitrogen functional groups attached to an aromatic ring is 1. The van der Waals surface area contributed by atoms with Gasteiger partial charge in [-0.05, 0) is 61.7 Å². The van der Waals surface area contributed by atoms with Crippen molar-refractivity contribution >= 4 is 5.69 Å². The lowest BCUT2D eigenvalue weighted by Gasteiger charge is -2.37. The van der Waals surface area contributed by atoms with Gasteiger partial charge in [-0.25, -0.2) is 0 Å². The van der Waals surface area contributed by atoms with Crippen LogP contribution in [0.2, 0.25) is 0 Å². The Morgan fingerprint density at radius 2 is 1.96 bits per heavy atom. The smallest absolute Gasteiger partial charge is 0.164 e. The molecule has 0 bridgehead atoms. The summed E-state index contributed by atoms with van der Waals surface area (Å²) in [4.78, 5) is 2.49. The number of likely N-dealkylation sites (tertiary alicyclic amines) is 1. The van der Waals surface area contributed by atoms with Gasteiger partial charge in [0.15, 0.2) is 11.5 Å². The van der Waals surface area contributed by atoms with Crippen molar-refractivity contribution in [3.63, 3.8) is 0 Å². The summed E-state index contributed by atoms with van der Waals surface area (Å²) in [6.45, 7) is 1.14. The summed E-state index contributed by atoms with van der Waals surface area (Å²) in [6, 6.07) is 13.0. The summed E-state index contributed by atoms with van der Waals surface area (Å²) in [5, 5.41) is 0. The minimum atomic E-state index is 0.288. The van der Waals surface area contributed by atoms with Gasteiger partial charge in [-0.15, -0.1) is 0 Å². The fourth-order valence-electron chi connectivity index (χ4n) is 4.94. The average Bonchev–Trinajstić information content (AvgIpc) is 2.96. The van der Waals surface area contributed by atoms with Gasteiger partial charge in [-0.1, -0.05) is 18.2 Å². The van der Waals surface area contributed by atoms with E-state index in [1.165, 1.54) is 29.5 Å². The third-order valence-electron chi connectivity index (χ3n) is 5.87. The molecule has 2 aliphatic rings. The fraction of sp³-hybridized carbons (Fsp3) is 0.429. The average molecular weight is 338 g/mol. The number of rotatable bonds is 3. The Labute approximate surface area is 149 Å². The Balaban J connectivity index is 1.95. The molecule has 3 unspecified atom stereocenters. The van der Waals surface area contributed by atoms with E-state index in [0.717, 1.165) is 23.7 Å². The molecule has 4 rings (SSSR count). The first-order valence-electron chi connectivity index (χ1n) is 8.96. The van der Waals surface area contributed by atoms with Crippen molar-refractivity contribution in [1.82, 2.24) is 4.90 Å². The predicted molar refractivity (Wildman–Crippen MR) is 100 cm³/mol. The van der Waals surface area contributed by atoms with Gasteiger partial charge in [0, 0.05) is 23.2 Å². The van der Waals surface area contributed by atoms with Crippen LogP contribution in [0.15, 0.2) is 36.4 Å². The third-order valence-corrected chi connectivity index (χ3v) is 5.87. The highest BCUT2D eigenvalue weighted by Crippen LogP contribution is 2.58. The van der Waals surface area contributed by atoms with Crippen LogP contribution in [0.1, 0.15) is 41.5 Å². The lowest BCUT2D eigenvalue weighted by atomic mass is 9.79. The largest absolute Gasteiger partial charge is 0.493 e. The van der Waals surface area contributed by atoms with Crippen LogP contribution in [0.4, 0.5) is 5.69 Å². The topological polar surface area (TPSA) is 47.7 Å². The molecule has 0 saturated carbocycles. The summed E-state index contributed by atoms with van der Waals surface area (Å²) in [7, 11) is 5.67. The number of nitrogens with zero attached hydrogens (tertiary/aromatic N) is 1. The Kier molecular flexibility index (Phi) is 4.08. The molecular weight excluding hydrogens is 312 g/mol. The van der Waals surface area contributed by atoms with E-state index in [2.05, 4.69) is 36.2 Å². The van der Waals surface area contributed by atoms with Crippen LogP contribution in [0.25, 0.3) is 0 Å². The minimum Gasteiger partial charge on any atom is -0.493 e. The Hall–Kier alpha value is -2.20. The van der Waals surface area contributed by atoms with Crippen molar-refractivity contribution in [2.45, 2.75) is 24.8 Å². The van der Waals surface area contributed by atoms with Crippen LogP contribution < -0.4 is 15.2 Å². The number of anilines is 1. The summed E-state index contributed by atoms with van der Waals surface area (Å²) < 4.78 is 11.4. The van der Waals surface area contributed by atoms with Gasteiger partial charge in [0.05, 0.1) is 14.2 Å². The molecule has 2 aromatic rings. The number of nitrogens with two attached hydrogens (primary N) is 1. The van der Waals surface area contributed by atoms with Gasteiger partial charge in [-0.3, -0.25) is 4.90 Å². The number of piperidine rings is 1. The van der Waals surface area contributed by atoms with E-state index in [1.54, 1.807) is 14.2 Å². The monoisotopic (exact) mass is 338 g/mol. The molecule has 0 spiro atoms. The van der Waals surface area contributed by atoms with Crippen LogP contribution in [0.5, 0.6) is 11.5 Å². The van der Waals surface area contributed by atoms with E-state index in [-0.39, 0.29) is 5.92 Å². The zero-order valence-corrected chi connectivity index (χ0v) is 15.2. The van der Waals surface area contributed by atoms with Crippen LogP contribution >= 0.6 is 0 Å². The quantitative estimate of drug-likeness (QED) is 0.865. The van der Waals surface area contributed by atoms with Gasteiger partial charge in [0.1, 0.15) is 0 Å². The van der Waals surface area contributed by atoms with Gasteiger partial charge < -0.3 is 15.2 Å². The first kappa shape index (κ1) is 16.3. The number of hydrogen-bond donors (Lipinski definition) is 1. The van der Waals surface area contributed by atoms with E-state index < -0.39 is 0 Å². The number of fused-ring (bicyclic) bond motifs is 3. The maximum absolute atomic E-state index is 6.10. The Morgan fingerprint density at radius 3 is 2.68 bits per heavy atom. The highest BCUT2D eigenvalue weighted by molar-refractivity contribution is 5.60. The number of hydrogen-bond acceptors (Lipinski definition) is 4. The standard InChI is InChI=1S/C21H26N2O2/c1-23-11-5-8-15-18(13-6-4-7-14(22)12-13)19-16(20(15)23)9-10-17(24-2)21(19)25-3/h4,6-7,9-10,12,15,18,20H,5,8,11,22H2,1-3H3. The van der Waals surface area contributed by atoms with Crippen molar-refractivity contribution < 1.29 is 9.47 Å². The van der Waals surface area contributed by atoms with Crippen molar-refractivity contribution in [1.29, 1.82) is 0 Å². The second-order valence-electron chi connectivity index (χ2n) is 7.18. The summed E-state index contributed by atoms with van der Waals surface area (Å²) in [5.74, 6) is 2.50. The molecule has 1 aliphatic carbocycles. The predicted octanol–water partition coefficient (Wildman–Crippen LogP) is 3.81. The van der Waals surface area contributed by atoms with Crippen LogP contribution in [0.3, 0.4) is 0 Å². The number of ether oxygens (including phenoxy) is 2. The molecular formula is C21H26N2O2. The molecule has 2 aromatic carbocycles. The maximum atomic E-state index is 6.10. The highest BCUT2D eigenvalue weighted by atomic mass is 16.5. The molecule has 0 amide bonds. The zero-order valence-electron chi connectivity index (χ0n) is 15.2. The summed E-state index contributed by atoms with van der Waals surface area (Å²) >= 11 is 0. The van der Waals surface area contributed by atoms with E-state index in [1.807, 2.05) is 12.1 Å². The zero-order chi connectivity index (χ0) is 17.6.